The van der Waals surface area contributed by atoms with Crippen molar-refractivity contribution in [3.05, 3.63) is 28.8 Å². The van der Waals surface area contributed by atoms with Crippen LogP contribution >= 0.6 is 11.3 Å². The highest BCUT2D eigenvalue weighted by atomic mass is 32.1. The molecule has 0 aliphatic rings. The standard InChI is InChI=1S/C8H7F3N4S/c9-8(10,11)6-13-2-4(15-6)1-5-3-14-7(12)16-5/h2-3H,1H2,(H2,12,14)(H,13,15). The van der Waals surface area contributed by atoms with E-state index < -0.39 is 12.0 Å². The summed E-state index contributed by atoms with van der Waals surface area (Å²) in [6, 6.07) is 0. The van der Waals surface area contributed by atoms with Crippen LogP contribution in [0.5, 0.6) is 0 Å². The van der Waals surface area contributed by atoms with E-state index in [1.807, 2.05) is 0 Å². The van der Waals surface area contributed by atoms with E-state index in [9.17, 15) is 13.2 Å². The molecule has 86 valence electrons. The molecule has 2 aromatic rings. The minimum atomic E-state index is -4.44. The Morgan fingerprint density at radius 2 is 2.06 bits per heavy atom. The van der Waals surface area contributed by atoms with Gasteiger partial charge in [0, 0.05) is 29.4 Å². The summed E-state index contributed by atoms with van der Waals surface area (Å²) < 4.78 is 36.7. The Morgan fingerprint density at radius 1 is 1.31 bits per heavy atom. The van der Waals surface area contributed by atoms with Crippen molar-refractivity contribution in [1.29, 1.82) is 0 Å². The number of aromatic amines is 1. The lowest BCUT2D eigenvalue weighted by Crippen LogP contribution is -2.07. The first-order valence-electron chi connectivity index (χ1n) is 4.26. The van der Waals surface area contributed by atoms with Crippen LogP contribution in [-0.2, 0) is 12.6 Å². The maximum absolute atomic E-state index is 12.2. The molecule has 0 aliphatic carbocycles. The van der Waals surface area contributed by atoms with Gasteiger partial charge in [0.2, 0.25) is 5.82 Å². The average molecular weight is 248 g/mol. The van der Waals surface area contributed by atoms with Gasteiger partial charge in [0.15, 0.2) is 5.13 Å². The van der Waals surface area contributed by atoms with Crippen LogP contribution in [-0.4, -0.2) is 15.0 Å². The highest BCUT2D eigenvalue weighted by Crippen LogP contribution is 2.27. The zero-order chi connectivity index (χ0) is 11.8. The molecule has 0 radical (unpaired) electrons. The second kappa shape index (κ2) is 3.78. The molecule has 8 heteroatoms. The molecule has 0 aromatic carbocycles. The third-order valence-corrected chi connectivity index (χ3v) is 2.66. The number of nitrogens with one attached hydrogen (secondary N) is 1. The number of nitrogens with two attached hydrogens (primary N) is 1. The van der Waals surface area contributed by atoms with Gasteiger partial charge >= 0.3 is 6.18 Å². The average Bonchev–Trinajstić information content (AvgIpc) is 2.74. The Kier molecular flexibility index (Phi) is 2.58. The summed E-state index contributed by atoms with van der Waals surface area (Å²) in [7, 11) is 0. The topological polar surface area (TPSA) is 67.6 Å². The number of rotatable bonds is 2. The fourth-order valence-electron chi connectivity index (χ4n) is 1.19. The lowest BCUT2D eigenvalue weighted by atomic mass is 10.3. The number of nitrogens with zero attached hydrogens (tertiary/aromatic N) is 2. The Bertz CT molecular complexity index is 487. The number of anilines is 1. The molecule has 0 saturated carbocycles. The number of nitrogen functional groups attached to an aromatic ring is 1. The lowest BCUT2D eigenvalue weighted by Gasteiger charge is -2.00. The molecule has 0 aliphatic heterocycles. The van der Waals surface area contributed by atoms with E-state index in [1.54, 1.807) is 0 Å². The summed E-state index contributed by atoms with van der Waals surface area (Å²) in [5.74, 6) is -0.986. The SMILES string of the molecule is Nc1ncc(Cc2cnc(C(F)(F)F)[nH]2)s1. The number of hydrogen-bond donors (Lipinski definition) is 2. The van der Waals surface area contributed by atoms with Gasteiger partial charge in [0.1, 0.15) is 0 Å². The maximum atomic E-state index is 12.2. The number of hydrogen-bond acceptors (Lipinski definition) is 4. The van der Waals surface area contributed by atoms with Gasteiger partial charge in [0.25, 0.3) is 0 Å². The third kappa shape index (κ3) is 2.32. The normalized spacial score (nSPS) is 11.9. The van der Waals surface area contributed by atoms with Gasteiger partial charge in [-0.1, -0.05) is 0 Å². The van der Waals surface area contributed by atoms with Crippen LogP contribution in [0.1, 0.15) is 16.4 Å². The zero-order valence-corrected chi connectivity index (χ0v) is 8.69. The lowest BCUT2D eigenvalue weighted by molar-refractivity contribution is -0.144. The van der Waals surface area contributed by atoms with E-state index in [4.69, 9.17) is 5.73 Å². The van der Waals surface area contributed by atoms with E-state index in [0.29, 0.717) is 17.2 Å². The third-order valence-electron chi connectivity index (χ3n) is 1.83. The van der Waals surface area contributed by atoms with Crippen molar-refractivity contribution in [1.82, 2.24) is 15.0 Å². The first-order valence-corrected chi connectivity index (χ1v) is 5.08. The van der Waals surface area contributed by atoms with Crippen molar-refractivity contribution in [3.63, 3.8) is 0 Å². The fourth-order valence-corrected chi connectivity index (χ4v) is 1.89. The van der Waals surface area contributed by atoms with Gasteiger partial charge in [-0.3, -0.25) is 0 Å². The van der Waals surface area contributed by atoms with E-state index in [1.165, 1.54) is 23.7 Å². The smallest absolute Gasteiger partial charge is 0.375 e. The van der Waals surface area contributed by atoms with Crippen LogP contribution in [0.25, 0.3) is 0 Å². The summed E-state index contributed by atoms with van der Waals surface area (Å²) in [5, 5.41) is 0.394. The van der Waals surface area contributed by atoms with Crippen LogP contribution in [0.4, 0.5) is 18.3 Å². The molecule has 16 heavy (non-hydrogen) atoms. The number of halogens is 3. The highest BCUT2D eigenvalue weighted by Gasteiger charge is 2.34. The molecule has 0 atom stereocenters. The van der Waals surface area contributed by atoms with Gasteiger partial charge in [-0.15, -0.1) is 11.3 Å². The molecule has 0 fully saturated rings. The number of thiazole rings is 1. The van der Waals surface area contributed by atoms with Crippen molar-refractivity contribution >= 4 is 16.5 Å². The molecule has 0 saturated heterocycles. The van der Waals surface area contributed by atoms with Crippen molar-refractivity contribution in [3.8, 4) is 0 Å². The van der Waals surface area contributed by atoms with Crippen LogP contribution < -0.4 is 5.73 Å². The van der Waals surface area contributed by atoms with Gasteiger partial charge in [-0.2, -0.15) is 13.2 Å². The predicted octanol–water partition coefficient (Wildman–Crippen LogP) is 2.06. The van der Waals surface area contributed by atoms with Crippen LogP contribution in [0.2, 0.25) is 0 Å². The first-order chi connectivity index (χ1) is 7.45. The van der Waals surface area contributed by atoms with Crippen molar-refractivity contribution in [2.75, 3.05) is 5.73 Å². The van der Waals surface area contributed by atoms with E-state index in [2.05, 4.69) is 15.0 Å². The summed E-state index contributed by atoms with van der Waals surface area (Å²) in [4.78, 5) is 10.1. The van der Waals surface area contributed by atoms with Gasteiger partial charge in [-0.25, -0.2) is 9.97 Å². The zero-order valence-electron chi connectivity index (χ0n) is 7.88. The molecular formula is C8H7F3N4S. The predicted molar refractivity (Wildman–Crippen MR) is 52.9 cm³/mol. The summed E-state index contributed by atoms with van der Waals surface area (Å²) in [5.41, 5.74) is 5.79. The molecule has 3 N–H and O–H groups in total. The monoisotopic (exact) mass is 248 g/mol. The molecule has 0 amide bonds. The van der Waals surface area contributed by atoms with Gasteiger partial charge in [0.05, 0.1) is 0 Å². The Hall–Kier alpha value is -1.57. The number of H-pyrrole nitrogens is 1. The first kappa shape index (κ1) is 10.9. The summed E-state index contributed by atoms with van der Waals surface area (Å²) in [6.45, 7) is 0. The number of imidazole rings is 1. The van der Waals surface area contributed by atoms with E-state index in [0.717, 1.165) is 4.88 Å². The Balaban J connectivity index is 2.14. The van der Waals surface area contributed by atoms with E-state index in [-0.39, 0.29) is 0 Å². The number of alkyl halides is 3. The fraction of sp³-hybridized carbons (Fsp3) is 0.250. The molecule has 0 unspecified atom stereocenters. The molecule has 2 heterocycles. The Labute approximate surface area is 92.3 Å². The van der Waals surface area contributed by atoms with Crippen molar-refractivity contribution in [2.45, 2.75) is 12.6 Å². The molecular weight excluding hydrogens is 241 g/mol. The molecule has 2 aromatic heterocycles. The van der Waals surface area contributed by atoms with E-state index >= 15 is 0 Å². The maximum Gasteiger partial charge on any atom is 0.449 e. The summed E-state index contributed by atoms with van der Waals surface area (Å²) in [6.07, 6.45) is -1.42. The van der Waals surface area contributed by atoms with Crippen molar-refractivity contribution in [2.24, 2.45) is 0 Å². The highest BCUT2D eigenvalue weighted by molar-refractivity contribution is 7.15. The number of aromatic nitrogens is 3. The second-order valence-corrected chi connectivity index (χ2v) is 4.24. The molecule has 0 bridgehead atoms. The minimum absolute atomic E-state index is 0.317. The quantitative estimate of drug-likeness (QED) is 0.854. The summed E-state index contributed by atoms with van der Waals surface area (Å²) >= 11 is 1.24. The molecule has 2 rings (SSSR count). The molecule has 4 nitrogen and oxygen atoms in total. The minimum Gasteiger partial charge on any atom is -0.375 e. The van der Waals surface area contributed by atoms with Crippen LogP contribution in [0.15, 0.2) is 12.4 Å². The Morgan fingerprint density at radius 3 is 2.56 bits per heavy atom. The van der Waals surface area contributed by atoms with Crippen LogP contribution in [0, 0.1) is 0 Å². The largest absolute Gasteiger partial charge is 0.449 e. The van der Waals surface area contributed by atoms with Gasteiger partial charge < -0.3 is 10.7 Å². The van der Waals surface area contributed by atoms with Crippen molar-refractivity contribution < 1.29 is 13.2 Å². The second-order valence-electron chi connectivity index (χ2n) is 3.10. The van der Waals surface area contributed by atoms with Gasteiger partial charge in [-0.05, 0) is 0 Å². The molecule has 0 spiro atoms. The van der Waals surface area contributed by atoms with Crippen LogP contribution in [0.3, 0.4) is 0 Å².